The Balaban J connectivity index is 1.87. The molecule has 0 N–H and O–H groups in total. The summed E-state index contributed by atoms with van der Waals surface area (Å²) in [5.74, 6) is -0.0979. The van der Waals surface area contributed by atoms with Crippen LogP contribution in [0, 0.1) is 0 Å². The highest BCUT2D eigenvalue weighted by Gasteiger charge is 2.18. The zero-order chi connectivity index (χ0) is 14.1. The van der Waals surface area contributed by atoms with Crippen LogP contribution in [0.25, 0.3) is 0 Å². The third-order valence-electron chi connectivity index (χ3n) is 2.90. The van der Waals surface area contributed by atoms with E-state index < -0.39 is 0 Å². The molecule has 1 aliphatic rings. The van der Waals surface area contributed by atoms with E-state index in [0.717, 1.165) is 25.9 Å². The Morgan fingerprint density at radius 1 is 1.32 bits per heavy atom. The molecule has 0 radical (unpaired) electrons. The fourth-order valence-electron chi connectivity index (χ4n) is 1.85. The van der Waals surface area contributed by atoms with Crippen LogP contribution in [-0.4, -0.2) is 49.7 Å². The zero-order valence-corrected chi connectivity index (χ0v) is 11.7. The fourth-order valence-corrected chi connectivity index (χ4v) is 1.85. The molecule has 1 fully saturated rings. The normalized spacial score (nSPS) is 14.8. The van der Waals surface area contributed by atoms with Crippen molar-refractivity contribution < 1.29 is 19.1 Å². The van der Waals surface area contributed by atoms with E-state index in [0.29, 0.717) is 38.2 Å². The molecule has 5 nitrogen and oxygen atoms in total. The summed E-state index contributed by atoms with van der Waals surface area (Å²) in [6.45, 7) is 8.35. The largest absolute Gasteiger partial charge is 0.462 e. The van der Waals surface area contributed by atoms with E-state index in [-0.39, 0.29) is 11.9 Å². The summed E-state index contributed by atoms with van der Waals surface area (Å²) in [7, 11) is 0. The molecule has 108 valence electrons. The number of nitrogens with zero attached hydrogens (tertiary/aromatic N) is 1. The standard InChI is InChI=1S/C14H23NO4/c1-12(2)14(17)19-11-5-10-18-9-4-8-15-7-3-6-13(15)16/h1,3-11H2,2H3. The van der Waals surface area contributed by atoms with Crippen molar-refractivity contribution in [2.24, 2.45) is 0 Å². The van der Waals surface area contributed by atoms with Crippen LogP contribution in [0.1, 0.15) is 32.6 Å². The Hall–Kier alpha value is -1.36. The van der Waals surface area contributed by atoms with Crippen molar-refractivity contribution in [3.8, 4) is 0 Å². The fraction of sp³-hybridized carbons (Fsp3) is 0.714. The lowest BCUT2D eigenvalue weighted by Gasteiger charge is -2.14. The van der Waals surface area contributed by atoms with Gasteiger partial charge >= 0.3 is 5.97 Å². The van der Waals surface area contributed by atoms with Crippen LogP contribution < -0.4 is 0 Å². The molecule has 5 heteroatoms. The molecule has 1 rings (SSSR count). The summed E-state index contributed by atoms with van der Waals surface area (Å²) in [4.78, 5) is 24.3. The van der Waals surface area contributed by atoms with Crippen molar-refractivity contribution in [1.29, 1.82) is 0 Å². The van der Waals surface area contributed by atoms with Crippen molar-refractivity contribution >= 4 is 11.9 Å². The van der Waals surface area contributed by atoms with E-state index in [1.165, 1.54) is 0 Å². The molecule has 0 atom stereocenters. The van der Waals surface area contributed by atoms with Crippen molar-refractivity contribution in [2.45, 2.75) is 32.6 Å². The van der Waals surface area contributed by atoms with Crippen LogP contribution in [0.3, 0.4) is 0 Å². The van der Waals surface area contributed by atoms with Gasteiger partial charge in [0, 0.05) is 44.7 Å². The summed E-state index contributed by atoms with van der Waals surface area (Å²) in [6, 6.07) is 0. The van der Waals surface area contributed by atoms with Crippen molar-refractivity contribution in [1.82, 2.24) is 4.90 Å². The van der Waals surface area contributed by atoms with Gasteiger partial charge in [0.05, 0.1) is 6.61 Å². The zero-order valence-electron chi connectivity index (χ0n) is 11.7. The Morgan fingerprint density at radius 2 is 2.05 bits per heavy atom. The molecular formula is C14H23NO4. The average molecular weight is 269 g/mol. The molecule has 0 unspecified atom stereocenters. The molecule has 0 aromatic carbocycles. The number of ether oxygens (including phenoxy) is 2. The third kappa shape index (κ3) is 6.38. The van der Waals surface area contributed by atoms with Crippen molar-refractivity contribution in [3.63, 3.8) is 0 Å². The number of carbonyl (C=O) groups excluding carboxylic acids is 2. The average Bonchev–Trinajstić information content (AvgIpc) is 2.78. The first kappa shape index (κ1) is 15.7. The quantitative estimate of drug-likeness (QED) is 0.362. The van der Waals surface area contributed by atoms with Gasteiger partial charge in [-0.1, -0.05) is 6.58 Å². The Kier molecular flexibility index (Phi) is 7.18. The van der Waals surface area contributed by atoms with E-state index in [1.807, 2.05) is 4.90 Å². The maximum atomic E-state index is 11.3. The van der Waals surface area contributed by atoms with Gasteiger partial charge in [-0.3, -0.25) is 4.79 Å². The Bertz CT molecular complexity index is 327. The Labute approximate surface area is 114 Å². The second kappa shape index (κ2) is 8.69. The topological polar surface area (TPSA) is 55.8 Å². The summed E-state index contributed by atoms with van der Waals surface area (Å²) in [5.41, 5.74) is 0.413. The molecule has 0 aromatic heterocycles. The second-order valence-corrected chi connectivity index (χ2v) is 4.72. The van der Waals surface area contributed by atoms with Crippen LogP contribution >= 0.6 is 0 Å². The molecular weight excluding hydrogens is 246 g/mol. The monoisotopic (exact) mass is 269 g/mol. The first-order chi connectivity index (χ1) is 9.11. The van der Waals surface area contributed by atoms with Gasteiger partial charge < -0.3 is 14.4 Å². The van der Waals surface area contributed by atoms with Gasteiger partial charge in [0.1, 0.15) is 0 Å². The summed E-state index contributed by atoms with van der Waals surface area (Å²) in [5, 5.41) is 0. The molecule has 0 spiro atoms. The van der Waals surface area contributed by atoms with Crippen LogP contribution in [0.2, 0.25) is 0 Å². The SMILES string of the molecule is C=C(C)C(=O)OCCCOCCCN1CCCC1=O. The number of hydrogen-bond donors (Lipinski definition) is 0. The van der Waals surface area contributed by atoms with E-state index in [9.17, 15) is 9.59 Å². The highest BCUT2D eigenvalue weighted by Crippen LogP contribution is 2.09. The highest BCUT2D eigenvalue weighted by molar-refractivity contribution is 5.86. The van der Waals surface area contributed by atoms with E-state index in [2.05, 4.69) is 6.58 Å². The number of rotatable bonds is 9. The first-order valence-corrected chi connectivity index (χ1v) is 6.79. The number of likely N-dealkylation sites (tertiary alicyclic amines) is 1. The first-order valence-electron chi connectivity index (χ1n) is 6.79. The number of esters is 1. The molecule has 0 bridgehead atoms. The van der Waals surface area contributed by atoms with Gasteiger partial charge in [-0.15, -0.1) is 0 Å². The second-order valence-electron chi connectivity index (χ2n) is 4.72. The third-order valence-corrected chi connectivity index (χ3v) is 2.90. The molecule has 1 heterocycles. The minimum Gasteiger partial charge on any atom is -0.462 e. The molecule has 0 saturated carbocycles. The van der Waals surface area contributed by atoms with Crippen molar-refractivity contribution in [2.75, 3.05) is 32.9 Å². The van der Waals surface area contributed by atoms with Crippen LogP contribution in [-0.2, 0) is 19.1 Å². The Morgan fingerprint density at radius 3 is 2.68 bits per heavy atom. The maximum absolute atomic E-state index is 11.3. The lowest BCUT2D eigenvalue weighted by atomic mass is 10.4. The molecule has 1 saturated heterocycles. The molecule has 19 heavy (non-hydrogen) atoms. The van der Waals surface area contributed by atoms with Crippen LogP contribution in [0.15, 0.2) is 12.2 Å². The van der Waals surface area contributed by atoms with E-state index in [1.54, 1.807) is 6.92 Å². The number of amides is 1. The van der Waals surface area contributed by atoms with Gasteiger partial charge in [-0.2, -0.15) is 0 Å². The lowest BCUT2D eigenvalue weighted by Crippen LogP contribution is -2.26. The van der Waals surface area contributed by atoms with Crippen LogP contribution in [0.5, 0.6) is 0 Å². The number of carbonyl (C=O) groups is 2. The highest BCUT2D eigenvalue weighted by atomic mass is 16.5. The lowest BCUT2D eigenvalue weighted by molar-refractivity contribution is -0.139. The smallest absolute Gasteiger partial charge is 0.333 e. The summed E-state index contributed by atoms with van der Waals surface area (Å²) in [6.07, 6.45) is 3.21. The minimum atomic E-state index is -0.354. The predicted molar refractivity (Wildman–Crippen MR) is 71.6 cm³/mol. The summed E-state index contributed by atoms with van der Waals surface area (Å²) >= 11 is 0. The van der Waals surface area contributed by atoms with Crippen molar-refractivity contribution in [3.05, 3.63) is 12.2 Å². The van der Waals surface area contributed by atoms with Gasteiger partial charge in [0.2, 0.25) is 5.91 Å². The molecule has 1 aliphatic heterocycles. The molecule has 0 aliphatic carbocycles. The molecule has 1 amide bonds. The van der Waals surface area contributed by atoms with Gasteiger partial charge in [-0.25, -0.2) is 4.79 Å². The van der Waals surface area contributed by atoms with Gasteiger partial charge in [0.25, 0.3) is 0 Å². The van der Waals surface area contributed by atoms with Crippen LogP contribution in [0.4, 0.5) is 0 Å². The van der Waals surface area contributed by atoms with Gasteiger partial charge in [-0.05, 0) is 19.8 Å². The van der Waals surface area contributed by atoms with E-state index >= 15 is 0 Å². The molecule has 0 aromatic rings. The van der Waals surface area contributed by atoms with Gasteiger partial charge in [0.15, 0.2) is 0 Å². The maximum Gasteiger partial charge on any atom is 0.333 e. The predicted octanol–water partition coefficient (Wildman–Crippen LogP) is 1.52. The van der Waals surface area contributed by atoms with E-state index in [4.69, 9.17) is 9.47 Å². The summed E-state index contributed by atoms with van der Waals surface area (Å²) < 4.78 is 10.4. The number of hydrogen-bond acceptors (Lipinski definition) is 4. The minimum absolute atomic E-state index is 0.256.